The third kappa shape index (κ3) is 4.07. The summed E-state index contributed by atoms with van der Waals surface area (Å²) in [6.07, 6.45) is 1.12. The maximum atomic E-state index is 12.4. The van der Waals surface area contributed by atoms with Gasteiger partial charge >= 0.3 is 0 Å². The van der Waals surface area contributed by atoms with Gasteiger partial charge in [0.25, 0.3) is 0 Å². The van der Waals surface area contributed by atoms with Crippen LogP contribution in [-0.4, -0.2) is 57.8 Å². The van der Waals surface area contributed by atoms with Crippen LogP contribution in [-0.2, 0) is 11.2 Å². The lowest BCUT2D eigenvalue weighted by molar-refractivity contribution is -0.133. The van der Waals surface area contributed by atoms with Crippen LogP contribution in [0.15, 0.2) is 12.1 Å². The number of hydrogen-bond acceptors (Lipinski definition) is 5. The van der Waals surface area contributed by atoms with E-state index in [1.807, 2.05) is 17.0 Å². The van der Waals surface area contributed by atoms with Crippen molar-refractivity contribution in [2.45, 2.75) is 25.8 Å². The summed E-state index contributed by atoms with van der Waals surface area (Å²) in [5, 5.41) is 3.30. The monoisotopic (exact) mass is 322 g/mol. The van der Waals surface area contributed by atoms with E-state index in [-0.39, 0.29) is 11.9 Å². The van der Waals surface area contributed by atoms with Crippen LogP contribution in [0.1, 0.15) is 18.9 Å². The van der Waals surface area contributed by atoms with Gasteiger partial charge in [-0.1, -0.05) is 0 Å². The van der Waals surface area contributed by atoms with E-state index in [0.29, 0.717) is 30.1 Å². The Hall–Kier alpha value is -1.95. The summed E-state index contributed by atoms with van der Waals surface area (Å²) in [5.74, 6) is 1.99. The number of rotatable bonds is 6. The largest absolute Gasteiger partial charge is 0.493 e. The SMILES string of the molecule is COc1cc(CCC(=O)N2CCNC[C@H]2C)cc(OC)c1OC. The van der Waals surface area contributed by atoms with Gasteiger partial charge in [0.15, 0.2) is 11.5 Å². The van der Waals surface area contributed by atoms with Gasteiger partial charge in [0.05, 0.1) is 21.3 Å². The molecule has 1 heterocycles. The van der Waals surface area contributed by atoms with E-state index in [2.05, 4.69) is 12.2 Å². The number of ether oxygens (including phenoxy) is 3. The van der Waals surface area contributed by atoms with Crippen molar-refractivity contribution in [3.8, 4) is 17.2 Å². The fourth-order valence-corrected chi connectivity index (χ4v) is 2.89. The van der Waals surface area contributed by atoms with Crippen molar-refractivity contribution in [2.75, 3.05) is 41.0 Å². The van der Waals surface area contributed by atoms with E-state index in [1.165, 1.54) is 0 Å². The molecular weight excluding hydrogens is 296 g/mol. The maximum absolute atomic E-state index is 12.4. The Balaban J connectivity index is 2.06. The Morgan fingerprint density at radius 2 is 1.87 bits per heavy atom. The fraction of sp³-hybridized carbons (Fsp3) is 0.588. The number of hydrogen-bond donors (Lipinski definition) is 1. The topological polar surface area (TPSA) is 60.0 Å². The van der Waals surface area contributed by atoms with Crippen molar-refractivity contribution < 1.29 is 19.0 Å². The van der Waals surface area contributed by atoms with Gasteiger partial charge in [-0.3, -0.25) is 4.79 Å². The number of aryl methyl sites for hydroxylation is 1. The van der Waals surface area contributed by atoms with Crippen LogP contribution in [0.25, 0.3) is 0 Å². The number of carbonyl (C=O) groups excluding carboxylic acids is 1. The molecule has 1 aliphatic heterocycles. The van der Waals surface area contributed by atoms with Crippen molar-refractivity contribution in [3.05, 3.63) is 17.7 Å². The van der Waals surface area contributed by atoms with Crippen molar-refractivity contribution in [1.82, 2.24) is 10.2 Å². The number of amides is 1. The van der Waals surface area contributed by atoms with Crippen molar-refractivity contribution in [3.63, 3.8) is 0 Å². The summed E-state index contributed by atoms with van der Waals surface area (Å²) < 4.78 is 16.0. The molecule has 128 valence electrons. The van der Waals surface area contributed by atoms with Gasteiger partial charge in [-0.25, -0.2) is 0 Å². The molecule has 1 aromatic carbocycles. The third-order valence-electron chi connectivity index (χ3n) is 4.17. The van der Waals surface area contributed by atoms with Crippen molar-refractivity contribution in [1.29, 1.82) is 0 Å². The van der Waals surface area contributed by atoms with Crippen LogP contribution in [0, 0.1) is 0 Å². The van der Waals surface area contributed by atoms with Crippen LogP contribution >= 0.6 is 0 Å². The van der Waals surface area contributed by atoms with E-state index >= 15 is 0 Å². The lowest BCUT2D eigenvalue weighted by Gasteiger charge is -2.34. The minimum absolute atomic E-state index is 0.188. The highest BCUT2D eigenvalue weighted by Gasteiger charge is 2.22. The predicted octanol–water partition coefficient (Wildman–Crippen LogP) is 1.47. The molecule has 1 atom stereocenters. The Bertz CT molecular complexity index is 522. The predicted molar refractivity (Wildman–Crippen MR) is 88.5 cm³/mol. The van der Waals surface area contributed by atoms with E-state index < -0.39 is 0 Å². The molecule has 6 heteroatoms. The minimum atomic E-state index is 0.188. The summed E-state index contributed by atoms with van der Waals surface area (Å²) in [7, 11) is 4.76. The normalized spacial score (nSPS) is 17.7. The summed E-state index contributed by atoms with van der Waals surface area (Å²) in [6.45, 7) is 4.56. The highest BCUT2D eigenvalue weighted by Crippen LogP contribution is 2.38. The summed E-state index contributed by atoms with van der Waals surface area (Å²) >= 11 is 0. The Morgan fingerprint density at radius 3 is 2.39 bits per heavy atom. The molecule has 1 saturated heterocycles. The van der Waals surface area contributed by atoms with Crippen molar-refractivity contribution in [2.24, 2.45) is 0 Å². The zero-order chi connectivity index (χ0) is 16.8. The number of nitrogens with one attached hydrogen (secondary N) is 1. The minimum Gasteiger partial charge on any atom is -0.493 e. The van der Waals surface area contributed by atoms with Gasteiger partial charge in [0.2, 0.25) is 11.7 Å². The summed E-state index contributed by atoms with van der Waals surface area (Å²) in [5.41, 5.74) is 0.996. The zero-order valence-corrected chi connectivity index (χ0v) is 14.3. The molecule has 1 aliphatic rings. The molecule has 1 fully saturated rings. The fourth-order valence-electron chi connectivity index (χ4n) is 2.89. The van der Waals surface area contributed by atoms with Crippen LogP contribution in [0.5, 0.6) is 17.2 Å². The Labute approximate surface area is 137 Å². The quantitative estimate of drug-likeness (QED) is 0.859. The average molecular weight is 322 g/mol. The van der Waals surface area contributed by atoms with Crippen LogP contribution in [0.2, 0.25) is 0 Å². The van der Waals surface area contributed by atoms with E-state index in [4.69, 9.17) is 14.2 Å². The molecule has 0 aromatic heterocycles. The Morgan fingerprint density at radius 1 is 1.22 bits per heavy atom. The maximum Gasteiger partial charge on any atom is 0.223 e. The highest BCUT2D eigenvalue weighted by atomic mass is 16.5. The highest BCUT2D eigenvalue weighted by molar-refractivity contribution is 5.77. The molecule has 0 bridgehead atoms. The van der Waals surface area contributed by atoms with Crippen LogP contribution in [0.3, 0.4) is 0 Å². The average Bonchev–Trinajstić information content (AvgIpc) is 2.58. The van der Waals surface area contributed by atoms with E-state index in [9.17, 15) is 4.79 Å². The second-order valence-electron chi connectivity index (χ2n) is 5.67. The molecular formula is C17H26N2O4. The van der Waals surface area contributed by atoms with Gasteiger partial charge in [0.1, 0.15) is 0 Å². The van der Waals surface area contributed by atoms with E-state index in [0.717, 1.165) is 25.2 Å². The Kier molecular flexibility index (Phi) is 6.10. The second kappa shape index (κ2) is 8.06. The standard InChI is InChI=1S/C17H26N2O4/c1-12-11-18-7-8-19(12)16(20)6-5-13-9-14(21-2)17(23-4)15(10-13)22-3/h9-10,12,18H,5-8,11H2,1-4H3/t12-/m1/s1. The molecule has 1 aromatic rings. The smallest absolute Gasteiger partial charge is 0.223 e. The molecule has 0 saturated carbocycles. The van der Waals surface area contributed by atoms with E-state index in [1.54, 1.807) is 21.3 Å². The number of benzene rings is 1. The lowest BCUT2D eigenvalue weighted by atomic mass is 10.1. The first kappa shape index (κ1) is 17.4. The number of methoxy groups -OCH3 is 3. The van der Waals surface area contributed by atoms with Gasteiger partial charge in [-0.15, -0.1) is 0 Å². The first-order valence-electron chi connectivity index (χ1n) is 7.89. The van der Waals surface area contributed by atoms with Crippen LogP contribution < -0.4 is 19.5 Å². The molecule has 6 nitrogen and oxygen atoms in total. The number of piperazine rings is 1. The first-order chi connectivity index (χ1) is 11.1. The third-order valence-corrected chi connectivity index (χ3v) is 4.17. The van der Waals surface area contributed by atoms with Crippen molar-refractivity contribution >= 4 is 5.91 Å². The molecule has 23 heavy (non-hydrogen) atoms. The molecule has 1 amide bonds. The molecule has 1 N–H and O–H groups in total. The number of carbonyl (C=O) groups is 1. The number of nitrogens with zero attached hydrogens (tertiary/aromatic N) is 1. The molecule has 2 rings (SSSR count). The molecule has 0 unspecified atom stereocenters. The zero-order valence-electron chi connectivity index (χ0n) is 14.3. The van der Waals surface area contributed by atoms with Gasteiger partial charge in [0, 0.05) is 32.1 Å². The van der Waals surface area contributed by atoms with Gasteiger partial charge in [-0.2, -0.15) is 0 Å². The molecule has 0 aliphatic carbocycles. The summed E-state index contributed by atoms with van der Waals surface area (Å²) in [4.78, 5) is 14.4. The molecule has 0 radical (unpaired) electrons. The summed E-state index contributed by atoms with van der Waals surface area (Å²) in [6, 6.07) is 4.04. The molecule has 0 spiro atoms. The lowest BCUT2D eigenvalue weighted by Crippen LogP contribution is -2.52. The van der Waals surface area contributed by atoms with Crippen LogP contribution in [0.4, 0.5) is 0 Å². The van der Waals surface area contributed by atoms with Gasteiger partial charge in [-0.05, 0) is 31.0 Å². The first-order valence-corrected chi connectivity index (χ1v) is 7.89. The van der Waals surface area contributed by atoms with Gasteiger partial charge < -0.3 is 24.4 Å². The second-order valence-corrected chi connectivity index (χ2v) is 5.67.